The zero-order valence-electron chi connectivity index (χ0n) is 12.5. The predicted molar refractivity (Wildman–Crippen MR) is 84.2 cm³/mol. The zero-order valence-corrected chi connectivity index (χ0v) is 12.5. The Morgan fingerprint density at radius 3 is 2.33 bits per heavy atom. The van der Waals surface area contributed by atoms with Crippen molar-refractivity contribution >= 4 is 17.3 Å². The molecule has 0 heterocycles. The molecule has 2 aromatic carbocycles. The molecule has 0 saturated heterocycles. The van der Waals surface area contributed by atoms with Gasteiger partial charge in [0, 0.05) is 11.4 Å². The summed E-state index contributed by atoms with van der Waals surface area (Å²) in [6.45, 7) is 5.86. The van der Waals surface area contributed by atoms with E-state index in [1.54, 1.807) is 13.0 Å². The Balaban J connectivity index is 1.99. The highest BCUT2D eigenvalue weighted by molar-refractivity contribution is 5.95. The van der Waals surface area contributed by atoms with E-state index in [-0.39, 0.29) is 18.3 Å². The van der Waals surface area contributed by atoms with Crippen molar-refractivity contribution in [3.8, 4) is 0 Å². The summed E-state index contributed by atoms with van der Waals surface area (Å²) >= 11 is 0. The first-order valence-corrected chi connectivity index (χ1v) is 6.83. The minimum Gasteiger partial charge on any atom is -0.376 e. The second-order valence-corrected chi connectivity index (χ2v) is 5.13. The molecule has 2 aromatic rings. The van der Waals surface area contributed by atoms with Crippen LogP contribution in [0.5, 0.6) is 0 Å². The Hall–Kier alpha value is -2.36. The maximum atomic E-state index is 13.0. The molecule has 0 bridgehead atoms. The van der Waals surface area contributed by atoms with E-state index in [0.29, 0.717) is 0 Å². The van der Waals surface area contributed by atoms with Gasteiger partial charge in [-0.05, 0) is 55.7 Å². The quantitative estimate of drug-likeness (QED) is 0.897. The third-order valence-corrected chi connectivity index (χ3v) is 3.37. The van der Waals surface area contributed by atoms with E-state index in [0.717, 1.165) is 28.1 Å². The van der Waals surface area contributed by atoms with Crippen LogP contribution in [0.2, 0.25) is 0 Å². The average molecular weight is 286 g/mol. The molecular weight excluding hydrogens is 267 g/mol. The molecule has 0 unspecified atom stereocenters. The normalized spacial score (nSPS) is 10.3. The van der Waals surface area contributed by atoms with Crippen molar-refractivity contribution in [2.24, 2.45) is 0 Å². The molecule has 1 amide bonds. The van der Waals surface area contributed by atoms with Crippen LogP contribution in [0.4, 0.5) is 15.8 Å². The SMILES string of the molecule is Cc1cc(F)ccc1NCC(=O)Nc1c(C)cccc1C. The van der Waals surface area contributed by atoms with Crippen LogP contribution in [0.1, 0.15) is 16.7 Å². The van der Waals surface area contributed by atoms with Crippen LogP contribution >= 0.6 is 0 Å². The van der Waals surface area contributed by atoms with E-state index < -0.39 is 0 Å². The van der Waals surface area contributed by atoms with E-state index in [4.69, 9.17) is 0 Å². The highest BCUT2D eigenvalue weighted by atomic mass is 19.1. The fraction of sp³-hybridized carbons (Fsp3) is 0.235. The van der Waals surface area contributed by atoms with Gasteiger partial charge in [-0.2, -0.15) is 0 Å². The minimum absolute atomic E-state index is 0.129. The number of anilines is 2. The summed E-state index contributed by atoms with van der Waals surface area (Å²) in [6, 6.07) is 10.3. The summed E-state index contributed by atoms with van der Waals surface area (Å²) < 4.78 is 13.0. The number of para-hydroxylation sites is 1. The number of rotatable bonds is 4. The van der Waals surface area contributed by atoms with Crippen LogP contribution in [-0.2, 0) is 4.79 Å². The third kappa shape index (κ3) is 3.81. The minimum atomic E-state index is -0.280. The fourth-order valence-corrected chi connectivity index (χ4v) is 2.20. The summed E-state index contributed by atoms with van der Waals surface area (Å²) in [5.41, 5.74) is 4.44. The summed E-state index contributed by atoms with van der Waals surface area (Å²) in [4.78, 5) is 12.0. The van der Waals surface area contributed by atoms with Gasteiger partial charge in [-0.15, -0.1) is 0 Å². The molecule has 3 nitrogen and oxygen atoms in total. The number of nitrogens with one attached hydrogen (secondary N) is 2. The van der Waals surface area contributed by atoms with Crippen LogP contribution in [0, 0.1) is 26.6 Å². The highest BCUT2D eigenvalue weighted by Gasteiger charge is 2.08. The van der Waals surface area contributed by atoms with Gasteiger partial charge in [0.15, 0.2) is 0 Å². The topological polar surface area (TPSA) is 41.1 Å². The molecule has 21 heavy (non-hydrogen) atoms. The van der Waals surface area contributed by atoms with E-state index in [1.165, 1.54) is 12.1 Å². The lowest BCUT2D eigenvalue weighted by Crippen LogP contribution is -2.23. The van der Waals surface area contributed by atoms with Crippen molar-refractivity contribution in [1.82, 2.24) is 0 Å². The lowest BCUT2D eigenvalue weighted by molar-refractivity contribution is -0.114. The van der Waals surface area contributed by atoms with Gasteiger partial charge in [0.05, 0.1) is 6.54 Å². The molecule has 0 radical (unpaired) electrons. The standard InChI is InChI=1S/C17H19FN2O/c1-11-5-4-6-12(2)17(11)20-16(21)10-19-15-8-7-14(18)9-13(15)3/h4-9,19H,10H2,1-3H3,(H,20,21). The van der Waals surface area contributed by atoms with Crippen molar-refractivity contribution in [1.29, 1.82) is 0 Å². The maximum absolute atomic E-state index is 13.0. The lowest BCUT2D eigenvalue weighted by atomic mass is 10.1. The maximum Gasteiger partial charge on any atom is 0.243 e. The number of halogens is 1. The molecule has 0 aliphatic rings. The van der Waals surface area contributed by atoms with Crippen molar-refractivity contribution in [2.45, 2.75) is 20.8 Å². The van der Waals surface area contributed by atoms with Crippen LogP contribution in [0.15, 0.2) is 36.4 Å². The van der Waals surface area contributed by atoms with Gasteiger partial charge in [0.1, 0.15) is 5.82 Å². The predicted octanol–water partition coefficient (Wildman–Crippen LogP) is 3.80. The molecule has 0 atom stereocenters. The molecule has 4 heteroatoms. The van der Waals surface area contributed by atoms with Gasteiger partial charge in [0.25, 0.3) is 0 Å². The number of amides is 1. The van der Waals surface area contributed by atoms with Gasteiger partial charge < -0.3 is 10.6 Å². The summed E-state index contributed by atoms with van der Waals surface area (Å²) in [7, 11) is 0. The summed E-state index contributed by atoms with van der Waals surface area (Å²) in [6.07, 6.45) is 0. The molecule has 0 spiro atoms. The fourth-order valence-electron chi connectivity index (χ4n) is 2.20. The number of carbonyl (C=O) groups is 1. The first kappa shape index (κ1) is 15.0. The number of carbonyl (C=O) groups excluding carboxylic acids is 1. The molecule has 0 fully saturated rings. The Kier molecular flexibility index (Phi) is 4.58. The number of hydrogen-bond acceptors (Lipinski definition) is 2. The smallest absolute Gasteiger partial charge is 0.243 e. The number of benzene rings is 2. The molecule has 110 valence electrons. The Morgan fingerprint density at radius 1 is 1.05 bits per heavy atom. The first-order chi connectivity index (χ1) is 9.97. The molecule has 0 aliphatic heterocycles. The van der Waals surface area contributed by atoms with Crippen LogP contribution in [-0.4, -0.2) is 12.5 Å². The Labute approximate surface area is 124 Å². The molecule has 2 N–H and O–H groups in total. The molecule has 0 aliphatic carbocycles. The molecular formula is C17H19FN2O. The zero-order chi connectivity index (χ0) is 15.4. The third-order valence-electron chi connectivity index (χ3n) is 3.37. The van der Waals surface area contributed by atoms with Gasteiger partial charge in [0.2, 0.25) is 5.91 Å². The molecule has 0 aromatic heterocycles. The van der Waals surface area contributed by atoms with Crippen molar-refractivity contribution in [2.75, 3.05) is 17.2 Å². The van der Waals surface area contributed by atoms with E-state index >= 15 is 0 Å². The van der Waals surface area contributed by atoms with Crippen LogP contribution in [0.25, 0.3) is 0 Å². The number of aryl methyl sites for hydroxylation is 3. The summed E-state index contributed by atoms with van der Waals surface area (Å²) in [5, 5.41) is 5.92. The Morgan fingerprint density at radius 2 is 1.71 bits per heavy atom. The van der Waals surface area contributed by atoms with Crippen LogP contribution in [0.3, 0.4) is 0 Å². The highest BCUT2D eigenvalue weighted by Crippen LogP contribution is 2.19. The second-order valence-electron chi connectivity index (χ2n) is 5.13. The van der Waals surface area contributed by atoms with Crippen molar-refractivity contribution in [3.05, 3.63) is 58.9 Å². The molecule has 2 rings (SSSR count). The van der Waals surface area contributed by atoms with Gasteiger partial charge >= 0.3 is 0 Å². The van der Waals surface area contributed by atoms with E-state index in [2.05, 4.69) is 10.6 Å². The summed E-state index contributed by atoms with van der Waals surface area (Å²) in [5.74, 6) is -0.408. The van der Waals surface area contributed by atoms with Gasteiger partial charge in [-0.25, -0.2) is 4.39 Å². The second kappa shape index (κ2) is 6.39. The average Bonchev–Trinajstić information content (AvgIpc) is 2.42. The molecule has 0 saturated carbocycles. The van der Waals surface area contributed by atoms with E-state index in [9.17, 15) is 9.18 Å². The van der Waals surface area contributed by atoms with Gasteiger partial charge in [-0.3, -0.25) is 4.79 Å². The van der Waals surface area contributed by atoms with E-state index in [1.807, 2.05) is 32.0 Å². The monoisotopic (exact) mass is 286 g/mol. The van der Waals surface area contributed by atoms with Crippen LogP contribution < -0.4 is 10.6 Å². The van der Waals surface area contributed by atoms with Crippen molar-refractivity contribution < 1.29 is 9.18 Å². The first-order valence-electron chi connectivity index (χ1n) is 6.83. The van der Waals surface area contributed by atoms with Crippen molar-refractivity contribution in [3.63, 3.8) is 0 Å². The Bertz CT molecular complexity index is 648. The van der Waals surface area contributed by atoms with Gasteiger partial charge in [-0.1, -0.05) is 18.2 Å². The lowest BCUT2D eigenvalue weighted by Gasteiger charge is -2.13. The largest absolute Gasteiger partial charge is 0.376 e. The number of hydrogen-bond donors (Lipinski definition) is 2.